The molecule has 18 heavy (non-hydrogen) atoms. The van der Waals surface area contributed by atoms with Crippen LogP contribution in [-0.2, 0) is 5.54 Å². The molecular formula is C17H21N. The Balaban J connectivity index is 2.02. The van der Waals surface area contributed by atoms with Crippen LogP contribution in [0.4, 0.5) is 0 Å². The zero-order valence-electron chi connectivity index (χ0n) is 11.1. The molecule has 0 aliphatic carbocycles. The molecule has 1 fully saturated rings. The number of nitrogens with one attached hydrogen (secondary N) is 1. The minimum absolute atomic E-state index is 0.153. The van der Waals surface area contributed by atoms with Crippen molar-refractivity contribution in [3.63, 3.8) is 0 Å². The number of rotatable bonds is 1. The third-order valence-corrected chi connectivity index (χ3v) is 4.26. The Labute approximate surface area is 109 Å². The second-order valence-electron chi connectivity index (χ2n) is 5.63. The molecule has 0 aromatic heterocycles. The van der Waals surface area contributed by atoms with Gasteiger partial charge in [0.1, 0.15) is 0 Å². The number of fused-ring (bicyclic) bond motifs is 1. The van der Waals surface area contributed by atoms with Gasteiger partial charge in [0, 0.05) is 5.54 Å². The number of benzene rings is 2. The first kappa shape index (κ1) is 11.7. The fraction of sp³-hybridized carbons (Fsp3) is 0.412. The maximum atomic E-state index is 3.74. The van der Waals surface area contributed by atoms with Gasteiger partial charge in [-0.15, -0.1) is 0 Å². The third-order valence-electron chi connectivity index (χ3n) is 4.26. The number of hydrogen-bond donors (Lipinski definition) is 1. The minimum atomic E-state index is 0.153. The van der Waals surface area contributed by atoms with E-state index in [9.17, 15) is 0 Å². The first-order valence-electron chi connectivity index (χ1n) is 7.02. The summed E-state index contributed by atoms with van der Waals surface area (Å²) in [6.07, 6.45) is 5.24. The summed E-state index contributed by atoms with van der Waals surface area (Å²) in [5.41, 5.74) is 1.59. The summed E-state index contributed by atoms with van der Waals surface area (Å²) in [5, 5.41) is 6.42. The van der Waals surface area contributed by atoms with Gasteiger partial charge in [-0.05, 0) is 48.7 Å². The summed E-state index contributed by atoms with van der Waals surface area (Å²) in [5.74, 6) is 0. The van der Waals surface area contributed by atoms with E-state index in [1.165, 1.54) is 42.0 Å². The molecule has 1 atom stereocenters. The Bertz CT molecular complexity index is 536. The van der Waals surface area contributed by atoms with Crippen molar-refractivity contribution in [1.29, 1.82) is 0 Å². The second kappa shape index (κ2) is 4.74. The van der Waals surface area contributed by atoms with Gasteiger partial charge in [0.15, 0.2) is 0 Å². The van der Waals surface area contributed by atoms with E-state index < -0.39 is 0 Å². The maximum absolute atomic E-state index is 3.74. The van der Waals surface area contributed by atoms with Crippen LogP contribution in [0.3, 0.4) is 0 Å². The molecule has 1 aliphatic heterocycles. The van der Waals surface area contributed by atoms with Gasteiger partial charge in [0.2, 0.25) is 0 Å². The molecule has 0 saturated carbocycles. The van der Waals surface area contributed by atoms with Crippen LogP contribution in [0.1, 0.15) is 38.2 Å². The first-order valence-corrected chi connectivity index (χ1v) is 7.02. The molecule has 1 heteroatoms. The standard InChI is InChI=1S/C17H21N/c1-17(11-5-2-6-12-18-17)16-10-9-14-7-3-4-8-15(14)13-16/h3-4,7-10,13,18H,2,5-6,11-12H2,1H3. The summed E-state index contributed by atoms with van der Waals surface area (Å²) in [6.45, 7) is 3.49. The normalized spacial score (nSPS) is 24.9. The topological polar surface area (TPSA) is 12.0 Å². The molecule has 94 valence electrons. The highest BCUT2D eigenvalue weighted by atomic mass is 15.0. The van der Waals surface area contributed by atoms with Gasteiger partial charge in [-0.1, -0.05) is 49.2 Å². The SMILES string of the molecule is CC1(c2ccc3ccccc3c2)CCCCCN1. The zero-order valence-corrected chi connectivity index (χ0v) is 11.1. The molecule has 2 aromatic carbocycles. The summed E-state index contributed by atoms with van der Waals surface area (Å²) < 4.78 is 0. The molecule has 1 unspecified atom stereocenters. The Kier molecular flexibility index (Phi) is 3.09. The predicted octanol–water partition coefficient (Wildman–Crippen LogP) is 4.22. The lowest BCUT2D eigenvalue weighted by molar-refractivity contribution is 0.360. The highest BCUT2D eigenvalue weighted by Crippen LogP contribution is 2.31. The monoisotopic (exact) mass is 239 g/mol. The van der Waals surface area contributed by atoms with Crippen molar-refractivity contribution in [1.82, 2.24) is 5.32 Å². The molecule has 2 aromatic rings. The quantitative estimate of drug-likeness (QED) is 0.785. The fourth-order valence-corrected chi connectivity index (χ4v) is 3.01. The van der Waals surface area contributed by atoms with E-state index in [1.54, 1.807) is 0 Å². The molecule has 0 amide bonds. The van der Waals surface area contributed by atoms with E-state index in [0.717, 1.165) is 6.54 Å². The molecule has 1 N–H and O–H groups in total. The fourth-order valence-electron chi connectivity index (χ4n) is 3.01. The zero-order chi connectivity index (χ0) is 12.4. The third kappa shape index (κ3) is 2.15. The molecule has 0 bridgehead atoms. The van der Waals surface area contributed by atoms with E-state index in [4.69, 9.17) is 0 Å². The highest BCUT2D eigenvalue weighted by molar-refractivity contribution is 5.83. The summed E-state index contributed by atoms with van der Waals surface area (Å²) in [6, 6.07) is 15.5. The molecule has 3 rings (SSSR count). The van der Waals surface area contributed by atoms with Gasteiger partial charge in [0.25, 0.3) is 0 Å². The van der Waals surface area contributed by atoms with Crippen LogP contribution in [0, 0.1) is 0 Å². The van der Waals surface area contributed by atoms with Crippen molar-refractivity contribution in [2.75, 3.05) is 6.54 Å². The lowest BCUT2D eigenvalue weighted by Crippen LogP contribution is -2.38. The molecule has 0 spiro atoms. The first-order chi connectivity index (χ1) is 8.78. The Hall–Kier alpha value is -1.34. The second-order valence-corrected chi connectivity index (χ2v) is 5.63. The van der Waals surface area contributed by atoms with Crippen LogP contribution in [0.25, 0.3) is 10.8 Å². The van der Waals surface area contributed by atoms with Crippen LogP contribution in [-0.4, -0.2) is 6.54 Å². The van der Waals surface area contributed by atoms with Crippen LogP contribution < -0.4 is 5.32 Å². The van der Waals surface area contributed by atoms with Crippen molar-refractivity contribution < 1.29 is 0 Å². The molecule has 0 radical (unpaired) electrons. The average molecular weight is 239 g/mol. The smallest absolute Gasteiger partial charge is 0.0406 e. The van der Waals surface area contributed by atoms with Gasteiger partial charge < -0.3 is 5.32 Å². The Morgan fingerprint density at radius 2 is 1.78 bits per heavy atom. The van der Waals surface area contributed by atoms with Gasteiger partial charge in [0.05, 0.1) is 0 Å². The van der Waals surface area contributed by atoms with E-state index in [2.05, 4.69) is 54.7 Å². The predicted molar refractivity (Wildman–Crippen MR) is 77.8 cm³/mol. The molecule has 1 saturated heterocycles. The lowest BCUT2D eigenvalue weighted by atomic mass is 9.86. The van der Waals surface area contributed by atoms with Gasteiger partial charge >= 0.3 is 0 Å². The van der Waals surface area contributed by atoms with E-state index >= 15 is 0 Å². The molecular weight excluding hydrogens is 218 g/mol. The van der Waals surface area contributed by atoms with Crippen molar-refractivity contribution in [3.8, 4) is 0 Å². The summed E-state index contributed by atoms with van der Waals surface area (Å²) >= 11 is 0. The lowest BCUT2D eigenvalue weighted by Gasteiger charge is -2.30. The van der Waals surface area contributed by atoms with Gasteiger partial charge in [-0.2, -0.15) is 0 Å². The van der Waals surface area contributed by atoms with Crippen molar-refractivity contribution in [3.05, 3.63) is 48.0 Å². The van der Waals surface area contributed by atoms with Crippen molar-refractivity contribution in [2.45, 2.75) is 38.1 Å². The summed E-state index contributed by atoms with van der Waals surface area (Å²) in [7, 11) is 0. The van der Waals surface area contributed by atoms with Crippen LogP contribution in [0.15, 0.2) is 42.5 Å². The molecule has 1 nitrogen and oxygen atoms in total. The van der Waals surface area contributed by atoms with Crippen molar-refractivity contribution in [2.24, 2.45) is 0 Å². The average Bonchev–Trinajstić information content (AvgIpc) is 2.64. The van der Waals surface area contributed by atoms with E-state index in [1.807, 2.05) is 0 Å². The largest absolute Gasteiger partial charge is 0.308 e. The van der Waals surface area contributed by atoms with E-state index in [-0.39, 0.29) is 5.54 Å². The maximum Gasteiger partial charge on any atom is 0.0406 e. The van der Waals surface area contributed by atoms with Crippen LogP contribution >= 0.6 is 0 Å². The van der Waals surface area contributed by atoms with Gasteiger partial charge in [-0.3, -0.25) is 0 Å². The highest BCUT2D eigenvalue weighted by Gasteiger charge is 2.26. The Morgan fingerprint density at radius 1 is 0.944 bits per heavy atom. The Morgan fingerprint density at radius 3 is 2.67 bits per heavy atom. The number of hydrogen-bond acceptors (Lipinski definition) is 1. The van der Waals surface area contributed by atoms with Crippen LogP contribution in [0.2, 0.25) is 0 Å². The van der Waals surface area contributed by atoms with Crippen molar-refractivity contribution >= 4 is 10.8 Å². The minimum Gasteiger partial charge on any atom is -0.308 e. The molecule has 1 heterocycles. The summed E-state index contributed by atoms with van der Waals surface area (Å²) in [4.78, 5) is 0. The van der Waals surface area contributed by atoms with Crippen LogP contribution in [0.5, 0.6) is 0 Å². The van der Waals surface area contributed by atoms with E-state index in [0.29, 0.717) is 0 Å². The molecule has 1 aliphatic rings. The van der Waals surface area contributed by atoms with Gasteiger partial charge in [-0.25, -0.2) is 0 Å².